The second-order valence-corrected chi connectivity index (χ2v) is 5.67. The van der Waals surface area contributed by atoms with Crippen LogP contribution in [-0.4, -0.2) is 62.2 Å². The molecule has 0 radical (unpaired) electrons. The quantitative estimate of drug-likeness (QED) is 0.679. The fraction of sp³-hybridized carbons (Fsp3) is 1.00. The van der Waals surface area contributed by atoms with Gasteiger partial charge in [0.05, 0.1) is 0 Å². The molecular formula is C15H33N3. The minimum absolute atomic E-state index is 0.849. The molecular weight excluding hydrogens is 222 g/mol. The van der Waals surface area contributed by atoms with Gasteiger partial charge in [0.1, 0.15) is 0 Å². The van der Waals surface area contributed by atoms with E-state index >= 15 is 0 Å². The molecule has 0 saturated carbocycles. The summed E-state index contributed by atoms with van der Waals surface area (Å²) in [7, 11) is 0. The van der Waals surface area contributed by atoms with Gasteiger partial charge < -0.3 is 15.1 Å². The molecule has 1 N–H and O–H groups in total. The van der Waals surface area contributed by atoms with Crippen LogP contribution < -0.4 is 5.32 Å². The zero-order chi connectivity index (χ0) is 13.4. The molecule has 0 aromatic heterocycles. The maximum Gasteiger partial charge on any atom is 0.00247 e. The van der Waals surface area contributed by atoms with Gasteiger partial charge in [0, 0.05) is 6.54 Å². The Bertz CT molecular complexity index is 204. The number of hydrogen-bond donors (Lipinski definition) is 1. The third-order valence-electron chi connectivity index (χ3n) is 4.46. The van der Waals surface area contributed by atoms with Crippen molar-refractivity contribution in [3.05, 3.63) is 0 Å². The van der Waals surface area contributed by atoms with Gasteiger partial charge >= 0.3 is 0 Å². The summed E-state index contributed by atoms with van der Waals surface area (Å²) in [5, 5.41) is 3.51. The van der Waals surface area contributed by atoms with Crippen molar-refractivity contribution in [1.82, 2.24) is 15.1 Å². The maximum absolute atomic E-state index is 3.51. The van der Waals surface area contributed by atoms with Crippen LogP contribution in [0.3, 0.4) is 0 Å². The zero-order valence-corrected chi connectivity index (χ0v) is 12.9. The van der Waals surface area contributed by atoms with Crippen molar-refractivity contribution in [3.8, 4) is 0 Å². The highest BCUT2D eigenvalue weighted by Gasteiger charge is 2.24. The number of rotatable bonds is 9. The van der Waals surface area contributed by atoms with Crippen LogP contribution in [-0.2, 0) is 0 Å². The lowest BCUT2D eigenvalue weighted by molar-refractivity contribution is 0.208. The second kappa shape index (κ2) is 8.89. The van der Waals surface area contributed by atoms with Gasteiger partial charge in [-0.3, -0.25) is 0 Å². The standard InChI is InChI=1S/C15H33N3/c1-5-17(6-2)9-8-10-18(7-3)13-15-12-16-11-14(15)4/h14-16H,5-13H2,1-4H3/t14-,15+/m1/s1. The summed E-state index contributed by atoms with van der Waals surface area (Å²) in [5.41, 5.74) is 0. The molecule has 3 heteroatoms. The molecule has 1 rings (SSSR count). The lowest BCUT2D eigenvalue weighted by Crippen LogP contribution is -2.35. The summed E-state index contributed by atoms with van der Waals surface area (Å²) >= 11 is 0. The molecule has 1 fully saturated rings. The van der Waals surface area contributed by atoms with Crippen LogP contribution in [0, 0.1) is 11.8 Å². The van der Waals surface area contributed by atoms with Crippen molar-refractivity contribution in [2.45, 2.75) is 34.1 Å². The first-order valence-electron chi connectivity index (χ1n) is 7.86. The van der Waals surface area contributed by atoms with Crippen molar-refractivity contribution in [2.75, 3.05) is 52.4 Å². The first-order valence-corrected chi connectivity index (χ1v) is 7.86. The predicted octanol–water partition coefficient (Wildman–Crippen LogP) is 1.90. The number of nitrogens with zero attached hydrogens (tertiary/aromatic N) is 2. The highest BCUT2D eigenvalue weighted by molar-refractivity contribution is 4.80. The van der Waals surface area contributed by atoms with Crippen LogP contribution in [0.5, 0.6) is 0 Å². The Morgan fingerprint density at radius 2 is 1.56 bits per heavy atom. The molecule has 0 spiro atoms. The lowest BCUT2D eigenvalue weighted by atomic mass is 9.97. The van der Waals surface area contributed by atoms with E-state index in [4.69, 9.17) is 0 Å². The van der Waals surface area contributed by atoms with Crippen molar-refractivity contribution in [3.63, 3.8) is 0 Å². The smallest absolute Gasteiger partial charge is 0.00247 e. The molecule has 0 aromatic rings. The van der Waals surface area contributed by atoms with Crippen molar-refractivity contribution < 1.29 is 0 Å². The Balaban J connectivity index is 2.20. The van der Waals surface area contributed by atoms with Crippen LogP contribution in [0.2, 0.25) is 0 Å². The Kier molecular flexibility index (Phi) is 7.87. The number of hydrogen-bond acceptors (Lipinski definition) is 3. The molecule has 18 heavy (non-hydrogen) atoms. The summed E-state index contributed by atoms with van der Waals surface area (Å²) in [6, 6.07) is 0. The SMILES string of the molecule is CCN(CC)CCCN(CC)C[C@@H]1CNC[C@H]1C. The summed E-state index contributed by atoms with van der Waals surface area (Å²) in [4.78, 5) is 5.16. The summed E-state index contributed by atoms with van der Waals surface area (Å²) in [6.07, 6.45) is 1.31. The molecule has 3 nitrogen and oxygen atoms in total. The number of nitrogens with one attached hydrogen (secondary N) is 1. The van der Waals surface area contributed by atoms with Crippen LogP contribution >= 0.6 is 0 Å². The first kappa shape index (κ1) is 15.9. The highest BCUT2D eigenvalue weighted by Crippen LogP contribution is 2.17. The van der Waals surface area contributed by atoms with E-state index in [0.29, 0.717) is 0 Å². The van der Waals surface area contributed by atoms with Crippen LogP contribution in [0.1, 0.15) is 34.1 Å². The minimum atomic E-state index is 0.849. The van der Waals surface area contributed by atoms with E-state index in [9.17, 15) is 0 Å². The van der Waals surface area contributed by atoms with Gasteiger partial charge in [0.25, 0.3) is 0 Å². The van der Waals surface area contributed by atoms with Gasteiger partial charge in [-0.25, -0.2) is 0 Å². The van der Waals surface area contributed by atoms with E-state index in [1.165, 1.54) is 58.8 Å². The second-order valence-electron chi connectivity index (χ2n) is 5.67. The third kappa shape index (κ3) is 5.25. The van der Waals surface area contributed by atoms with Gasteiger partial charge in [0.2, 0.25) is 0 Å². The molecule has 0 bridgehead atoms. The molecule has 1 heterocycles. The Morgan fingerprint density at radius 3 is 2.06 bits per heavy atom. The van der Waals surface area contributed by atoms with Crippen LogP contribution in [0.4, 0.5) is 0 Å². The van der Waals surface area contributed by atoms with Gasteiger partial charge in [0.15, 0.2) is 0 Å². The Morgan fingerprint density at radius 1 is 0.944 bits per heavy atom. The zero-order valence-electron chi connectivity index (χ0n) is 12.9. The molecule has 108 valence electrons. The minimum Gasteiger partial charge on any atom is -0.316 e. The van der Waals surface area contributed by atoms with Crippen molar-refractivity contribution in [2.24, 2.45) is 11.8 Å². The molecule has 1 saturated heterocycles. The normalized spacial score (nSPS) is 24.3. The van der Waals surface area contributed by atoms with E-state index in [1.54, 1.807) is 0 Å². The van der Waals surface area contributed by atoms with Crippen molar-refractivity contribution in [1.29, 1.82) is 0 Å². The fourth-order valence-electron chi connectivity index (χ4n) is 2.88. The Labute approximate surface area is 114 Å². The average Bonchev–Trinajstić information content (AvgIpc) is 2.79. The molecule has 0 aliphatic carbocycles. The van der Waals surface area contributed by atoms with Gasteiger partial charge in [-0.15, -0.1) is 0 Å². The summed E-state index contributed by atoms with van der Waals surface area (Å²) in [6.45, 7) is 19.0. The third-order valence-corrected chi connectivity index (χ3v) is 4.46. The molecule has 0 amide bonds. The van der Waals surface area contributed by atoms with Gasteiger partial charge in [-0.1, -0.05) is 27.7 Å². The molecule has 1 aliphatic heterocycles. The average molecular weight is 255 g/mol. The maximum atomic E-state index is 3.51. The van der Waals surface area contributed by atoms with E-state index in [-0.39, 0.29) is 0 Å². The van der Waals surface area contributed by atoms with E-state index in [0.717, 1.165) is 11.8 Å². The largest absolute Gasteiger partial charge is 0.316 e. The molecule has 1 aliphatic rings. The van der Waals surface area contributed by atoms with E-state index < -0.39 is 0 Å². The first-order chi connectivity index (χ1) is 8.71. The van der Waals surface area contributed by atoms with Crippen LogP contribution in [0.25, 0.3) is 0 Å². The molecule has 0 unspecified atom stereocenters. The summed E-state index contributed by atoms with van der Waals surface area (Å²) < 4.78 is 0. The molecule has 0 aromatic carbocycles. The summed E-state index contributed by atoms with van der Waals surface area (Å²) in [5.74, 6) is 1.71. The predicted molar refractivity (Wildman–Crippen MR) is 80.0 cm³/mol. The van der Waals surface area contributed by atoms with Crippen molar-refractivity contribution >= 4 is 0 Å². The van der Waals surface area contributed by atoms with E-state index in [1.807, 2.05) is 0 Å². The van der Waals surface area contributed by atoms with Gasteiger partial charge in [-0.2, -0.15) is 0 Å². The Hall–Kier alpha value is -0.120. The van der Waals surface area contributed by atoms with Gasteiger partial charge in [-0.05, 0) is 64.1 Å². The van der Waals surface area contributed by atoms with Crippen LogP contribution in [0.15, 0.2) is 0 Å². The molecule has 2 atom stereocenters. The topological polar surface area (TPSA) is 18.5 Å². The van der Waals surface area contributed by atoms with E-state index in [2.05, 4.69) is 42.8 Å². The monoisotopic (exact) mass is 255 g/mol. The fourth-order valence-corrected chi connectivity index (χ4v) is 2.88. The lowest BCUT2D eigenvalue weighted by Gasteiger charge is -2.27. The highest BCUT2D eigenvalue weighted by atomic mass is 15.1.